The van der Waals surface area contributed by atoms with Crippen molar-refractivity contribution >= 4 is 28.6 Å². The van der Waals surface area contributed by atoms with Gasteiger partial charge in [0.15, 0.2) is 5.82 Å². The smallest absolute Gasteiger partial charge is 0.311 e. The summed E-state index contributed by atoms with van der Waals surface area (Å²) in [6.45, 7) is 0. The summed E-state index contributed by atoms with van der Waals surface area (Å²) in [4.78, 5) is 14.5. The summed E-state index contributed by atoms with van der Waals surface area (Å²) in [7, 11) is 1.17. The first-order valence-electron chi connectivity index (χ1n) is 4.15. The third kappa shape index (κ3) is 2.83. The number of ether oxygens (including phenoxy) is 1. The van der Waals surface area contributed by atoms with Crippen molar-refractivity contribution in [1.82, 2.24) is 4.98 Å². The lowest BCUT2D eigenvalue weighted by atomic mass is 10.2. The molecule has 1 heterocycles. The van der Waals surface area contributed by atoms with Crippen LogP contribution in [0.5, 0.6) is 0 Å². The van der Waals surface area contributed by atoms with Crippen LogP contribution in [0.25, 0.3) is 0 Å². The van der Waals surface area contributed by atoms with Crippen LogP contribution in [0.2, 0.25) is 0 Å². The molecule has 1 rings (SSSR count). The Morgan fingerprint density at radius 3 is 2.75 bits per heavy atom. The van der Waals surface area contributed by atoms with Gasteiger partial charge >= 0.3 is 5.97 Å². The minimum Gasteiger partial charge on any atom is -0.469 e. The third-order valence-electron chi connectivity index (χ3n) is 1.84. The Balaban J connectivity index is 3.13. The van der Waals surface area contributed by atoms with Gasteiger partial charge < -0.3 is 4.74 Å². The van der Waals surface area contributed by atoms with E-state index in [0.717, 1.165) is 0 Å². The number of pyridine rings is 1. The molecule has 0 unspecified atom stereocenters. The Kier molecular flexibility index (Phi) is 4.51. The minimum atomic E-state index is -2.94. The van der Waals surface area contributed by atoms with E-state index in [1.807, 2.05) is 0 Å². The highest BCUT2D eigenvalue weighted by Crippen LogP contribution is 2.28. The van der Waals surface area contributed by atoms with Crippen LogP contribution in [0.1, 0.15) is 17.7 Å². The van der Waals surface area contributed by atoms with E-state index in [2.05, 4.69) is 9.72 Å². The van der Waals surface area contributed by atoms with Crippen molar-refractivity contribution in [2.45, 2.75) is 12.8 Å². The van der Waals surface area contributed by atoms with Gasteiger partial charge in [-0.2, -0.15) is 0 Å². The number of halogens is 4. The summed E-state index contributed by atoms with van der Waals surface area (Å²) in [5.41, 5.74) is -0.640. The van der Waals surface area contributed by atoms with Crippen LogP contribution < -0.4 is 0 Å². The van der Waals surface area contributed by atoms with Crippen LogP contribution in [0.15, 0.2) is 6.20 Å². The highest BCUT2D eigenvalue weighted by atomic mass is 127. The second-order valence-electron chi connectivity index (χ2n) is 2.83. The van der Waals surface area contributed by atoms with Gasteiger partial charge in [0.1, 0.15) is 0 Å². The van der Waals surface area contributed by atoms with Crippen molar-refractivity contribution in [3.05, 3.63) is 26.8 Å². The highest BCUT2D eigenvalue weighted by Gasteiger charge is 2.21. The molecular formula is C9H7F3INO2. The number of alkyl halides is 2. The van der Waals surface area contributed by atoms with Crippen LogP contribution in [0.4, 0.5) is 13.2 Å². The van der Waals surface area contributed by atoms with Gasteiger partial charge in [0.05, 0.1) is 31.0 Å². The molecule has 0 atom stereocenters. The van der Waals surface area contributed by atoms with Crippen LogP contribution >= 0.6 is 22.6 Å². The van der Waals surface area contributed by atoms with Gasteiger partial charge in [0.2, 0.25) is 0 Å². The van der Waals surface area contributed by atoms with Crippen LogP contribution in [0, 0.1) is 9.39 Å². The standard InChI is InChI=1S/C9H7F3INO2/c1-16-6(15)2-5-8(13)7(9(11)12)4(10)3-14-5/h3,9H,2H2,1H3. The number of hydrogen-bond acceptors (Lipinski definition) is 3. The molecule has 0 amide bonds. The van der Waals surface area contributed by atoms with E-state index in [-0.39, 0.29) is 15.7 Å². The molecule has 0 aromatic carbocycles. The maximum Gasteiger partial charge on any atom is 0.311 e. The Morgan fingerprint density at radius 1 is 1.62 bits per heavy atom. The number of hydrogen-bond donors (Lipinski definition) is 0. The number of aromatic nitrogens is 1. The van der Waals surface area contributed by atoms with E-state index >= 15 is 0 Å². The number of carbonyl (C=O) groups is 1. The van der Waals surface area contributed by atoms with Gasteiger partial charge in [0, 0.05) is 3.57 Å². The van der Waals surface area contributed by atoms with Crippen molar-refractivity contribution in [2.75, 3.05) is 7.11 Å². The van der Waals surface area contributed by atoms with Crippen LogP contribution in [-0.4, -0.2) is 18.1 Å². The van der Waals surface area contributed by atoms with E-state index in [1.54, 1.807) is 22.6 Å². The normalized spacial score (nSPS) is 10.6. The molecule has 88 valence electrons. The third-order valence-corrected chi connectivity index (χ3v) is 3.04. The van der Waals surface area contributed by atoms with Gasteiger partial charge in [-0.1, -0.05) is 0 Å². The van der Waals surface area contributed by atoms with Gasteiger partial charge in [-0.3, -0.25) is 9.78 Å². The van der Waals surface area contributed by atoms with E-state index in [1.165, 1.54) is 7.11 Å². The average molecular weight is 345 g/mol. The van der Waals surface area contributed by atoms with E-state index in [4.69, 9.17) is 0 Å². The quantitative estimate of drug-likeness (QED) is 0.624. The van der Waals surface area contributed by atoms with Crippen molar-refractivity contribution in [2.24, 2.45) is 0 Å². The number of methoxy groups -OCH3 is 1. The summed E-state index contributed by atoms with van der Waals surface area (Å²) in [5.74, 6) is -1.69. The molecule has 7 heteroatoms. The zero-order chi connectivity index (χ0) is 12.3. The zero-order valence-electron chi connectivity index (χ0n) is 8.14. The molecule has 1 aromatic rings. The first-order chi connectivity index (χ1) is 7.47. The number of rotatable bonds is 3. The van der Waals surface area contributed by atoms with E-state index < -0.39 is 23.8 Å². The predicted octanol–water partition coefficient (Wildman–Crippen LogP) is 2.48. The number of carbonyl (C=O) groups excluding carboxylic acids is 1. The summed E-state index contributed by atoms with van der Waals surface area (Å²) in [6, 6.07) is 0. The summed E-state index contributed by atoms with van der Waals surface area (Å²) in [5, 5.41) is 0. The lowest BCUT2D eigenvalue weighted by molar-refractivity contribution is -0.139. The minimum absolute atomic E-state index is 0.0435. The van der Waals surface area contributed by atoms with Crippen molar-refractivity contribution in [1.29, 1.82) is 0 Å². The molecular weight excluding hydrogens is 338 g/mol. The summed E-state index contributed by atoms with van der Waals surface area (Å²) < 4.78 is 42.4. The number of nitrogens with zero attached hydrogens (tertiary/aromatic N) is 1. The van der Waals surface area contributed by atoms with Crippen LogP contribution in [0.3, 0.4) is 0 Å². The second-order valence-corrected chi connectivity index (χ2v) is 3.91. The first-order valence-corrected chi connectivity index (χ1v) is 5.23. The maximum atomic E-state index is 13.0. The van der Waals surface area contributed by atoms with Crippen molar-refractivity contribution in [3.63, 3.8) is 0 Å². The van der Waals surface area contributed by atoms with Crippen molar-refractivity contribution < 1.29 is 22.7 Å². The zero-order valence-corrected chi connectivity index (χ0v) is 10.3. The van der Waals surface area contributed by atoms with Gasteiger partial charge in [-0.05, 0) is 22.6 Å². The lowest BCUT2D eigenvalue weighted by Crippen LogP contribution is -2.10. The fraction of sp³-hybridized carbons (Fsp3) is 0.333. The molecule has 1 aromatic heterocycles. The van der Waals surface area contributed by atoms with Gasteiger partial charge in [-0.15, -0.1) is 0 Å². The predicted molar refractivity (Wildman–Crippen MR) is 57.6 cm³/mol. The molecule has 0 fully saturated rings. The Hall–Kier alpha value is -0.860. The summed E-state index contributed by atoms with van der Waals surface area (Å²) >= 11 is 1.54. The van der Waals surface area contributed by atoms with Gasteiger partial charge in [0.25, 0.3) is 6.43 Å². The molecule has 0 spiro atoms. The molecule has 0 aliphatic rings. The Labute approximate surface area is 103 Å². The van der Waals surface area contributed by atoms with E-state index in [9.17, 15) is 18.0 Å². The largest absolute Gasteiger partial charge is 0.469 e. The molecule has 0 saturated heterocycles. The molecule has 16 heavy (non-hydrogen) atoms. The Bertz CT molecular complexity index is 412. The fourth-order valence-corrected chi connectivity index (χ4v) is 1.88. The molecule has 0 N–H and O–H groups in total. The lowest BCUT2D eigenvalue weighted by Gasteiger charge is -2.08. The topological polar surface area (TPSA) is 39.2 Å². The maximum absolute atomic E-state index is 13.0. The number of esters is 1. The van der Waals surface area contributed by atoms with E-state index in [0.29, 0.717) is 6.20 Å². The first kappa shape index (κ1) is 13.2. The van der Waals surface area contributed by atoms with Crippen LogP contribution in [-0.2, 0) is 16.0 Å². The Morgan fingerprint density at radius 2 is 2.25 bits per heavy atom. The fourth-order valence-electron chi connectivity index (χ4n) is 1.05. The molecule has 0 radical (unpaired) electrons. The molecule has 0 aliphatic carbocycles. The summed E-state index contributed by atoms with van der Waals surface area (Å²) in [6.07, 6.45) is -2.51. The average Bonchev–Trinajstić information content (AvgIpc) is 2.21. The second kappa shape index (κ2) is 5.46. The monoisotopic (exact) mass is 345 g/mol. The molecule has 3 nitrogen and oxygen atoms in total. The molecule has 0 aliphatic heterocycles. The SMILES string of the molecule is COC(=O)Cc1ncc(F)c(C(F)F)c1I. The molecule has 0 bridgehead atoms. The van der Waals surface area contributed by atoms with Gasteiger partial charge in [-0.25, -0.2) is 13.2 Å². The highest BCUT2D eigenvalue weighted by molar-refractivity contribution is 14.1. The van der Waals surface area contributed by atoms with Crippen molar-refractivity contribution in [3.8, 4) is 0 Å². The molecule has 0 saturated carbocycles.